The van der Waals surface area contributed by atoms with Crippen molar-refractivity contribution in [2.45, 2.75) is 13.8 Å². The number of nitrogens with zero attached hydrogens (tertiary/aromatic N) is 2. The van der Waals surface area contributed by atoms with Crippen molar-refractivity contribution in [3.8, 4) is 22.5 Å². The van der Waals surface area contributed by atoms with E-state index in [2.05, 4.69) is 48.1 Å². The molecule has 0 amide bonds. The Morgan fingerprint density at radius 2 is 1.35 bits per heavy atom. The maximum atomic E-state index is 4.48. The molecule has 1 heterocycles. The van der Waals surface area contributed by atoms with Crippen molar-refractivity contribution in [1.29, 1.82) is 0 Å². The normalized spacial score (nSPS) is 10.5. The highest BCUT2D eigenvalue weighted by Gasteiger charge is 2.11. The first-order chi connectivity index (χ1) is 9.77. The fourth-order valence-electron chi connectivity index (χ4n) is 2.45. The number of rotatable bonds is 2. The Labute approximate surface area is 119 Å². The van der Waals surface area contributed by atoms with Crippen LogP contribution < -0.4 is 0 Å². The lowest BCUT2D eigenvalue weighted by Gasteiger charge is -2.11. The molecule has 2 heteroatoms. The van der Waals surface area contributed by atoms with E-state index < -0.39 is 0 Å². The molecule has 20 heavy (non-hydrogen) atoms. The summed E-state index contributed by atoms with van der Waals surface area (Å²) in [6.45, 7) is 4.20. The van der Waals surface area contributed by atoms with Crippen LogP contribution in [0.15, 0.2) is 60.9 Å². The van der Waals surface area contributed by atoms with Crippen molar-refractivity contribution in [3.63, 3.8) is 0 Å². The number of benzene rings is 2. The first-order valence-electron chi connectivity index (χ1n) is 6.70. The van der Waals surface area contributed by atoms with Crippen LogP contribution in [-0.2, 0) is 0 Å². The maximum absolute atomic E-state index is 4.48. The molecule has 1 aromatic heterocycles. The zero-order valence-corrected chi connectivity index (χ0v) is 11.7. The molecule has 0 atom stereocenters. The molecule has 2 nitrogen and oxygen atoms in total. The van der Waals surface area contributed by atoms with Gasteiger partial charge in [0.25, 0.3) is 0 Å². The molecule has 3 aromatic rings. The minimum atomic E-state index is 0.999. The Balaban J connectivity index is 2.19. The fourth-order valence-corrected chi connectivity index (χ4v) is 2.45. The summed E-state index contributed by atoms with van der Waals surface area (Å²) < 4.78 is 0. The highest BCUT2D eigenvalue weighted by molar-refractivity contribution is 5.74. The second kappa shape index (κ2) is 5.25. The van der Waals surface area contributed by atoms with Gasteiger partial charge in [-0.05, 0) is 19.4 Å². The highest BCUT2D eigenvalue weighted by Crippen LogP contribution is 2.29. The third kappa shape index (κ3) is 2.21. The SMILES string of the molecule is Cc1ccccc1-c1ncnc(-c2ccccc2)c1C. The molecule has 0 saturated heterocycles. The average molecular weight is 260 g/mol. The van der Waals surface area contributed by atoms with Gasteiger partial charge in [0.05, 0.1) is 11.4 Å². The minimum absolute atomic E-state index is 0.999. The fraction of sp³-hybridized carbons (Fsp3) is 0.111. The van der Waals surface area contributed by atoms with Gasteiger partial charge in [-0.25, -0.2) is 9.97 Å². The first kappa shape index (κ1) is 12.5. The summed E-state index contributed by atoms with van der Waals surface area (Å²) >= 11 is 0. The van der Waals surface area contributed by atoms with Crippen LogP contribution in [0.2, 0.25) is 0 Å². The average Bonchev–Trinajstić information content (AvgIpc) is 2.49. The van der Waals surface area contributed by atoms with Gasteiger partial charge in [-0.1, -0.05) is 54.6 Å². The highest BCUT2D eigenvalue weighted by atomic mass is 14.8. The van der Waals surface area contributed by atoms with Crippen molar-refractivity contribution < 1.29 is 0 Å². The smallest absolute Gasteiger partial charge is 0.116 e. The summed E-state index contributed by atoms with van der Waals surface area (Å²) in [4.78, 5) is 8.94. The third-order valence-corrected chi connectivity index (χ3v) is 3.53. The van der Waals surface area contributed by atoms with Crippen LogP contribution in [0.5, 0.6) is 0 Å². The summed E-state index contributed by atoms with van der Waals surface area (Å²) in [5.74, 6) is 0. The first-order valence-corrected chi connectivity index (χ1v) is 6.70. The number of aromatic nitrogens is 2. The molecule has 0 spiro atoms. The van der Waals surface area contributed by atoms with Crippen molar-refractivity contribution >= 4 is 0 Å². The number of aryl methyl sites for hydroxylation is 1. The van der Waals surface area contributed by atoms with Gasteiger partial charge >= 0.3 is 0 Å². The molecule has 0 bridgehead atoms. The van der Waals surface area contributed by atoms with Gasteiger partial charge < -0.3 is 0 Å². The standard InChI is InChI=1S/C18H16N2/c1-13-8-6-7-11-16(13)18-14(2)17(19-12-20-18)15-9-4-3-5-10-15/h3-12H,1-2H3. The van der Waals surface area contributed by atoms with Crippen molar-refractivity contribution in [1.82, 2.24) is 9.97 Å². The second-order valence-corrected chi connectivity index (χ2v) is 4.88. The second-order valence-electron chi connectivity index (χ2n) is 4.88. The lowest BCUT2D eigenvalue weighted by Crippen LogP contribution is -1.96. The van der Waals surface area contributed by atoms with E-state index in [0.717, 1.165) is 22.5 Å². The molecule has 0 aliphatic heterocycles. The van der Waals surface area contributed by atoms with E-state index in [1.807, 2.05) is 30.3 Å². The van der Waals surface area contributed by atoms with Gasteiger partial charge in [0.2, 0.25) is 0 Å². The van der Waals surface area contributed by atoms with E-state index in [4.69, 9.17) is 0 Å². The topological polar surface area (TPSA) is 25.8 Å². The van der Waals surface area contributed by atoms with Crippen molar-refractivity contribution in [3.05, 3.63) is 72.1 Å². The molecular weight excluding hydrogens is 244 g/mol. The van der Waals surface area contributed by atoms with Gasteiger partial charge in [0, 0.05) is 16.7 Å². The van der Waals surface area contributed by atoms with E-state index in [-0.39, 0.29) is 0 Å². The molecule has 0 N–H and O–H groups in total. The number of hydrogen-bond donors (Lipinski definition) is 0. The van der Waals surface area contributed by atoms with Crippen molar-refractivity contribution in [2.75, 3.05) is 0 Å². The molecule has 0 saturated carbocycles. The summed E-state index contributed by atoms with van der Waals surface area (Å²) in [6.07, 6.45) is 1.65. The molecule has 0 fully saturated rings. The Kier molecular flexibility index (Phi) is 3.30. The summed E-state index contributed by atoms with van der Waals surface area (Å²) in [5.41, 5.74) is 6.66. The largest absolute Gasteiger partial charge is 0.236 e. The van der Waals surface area contributed by atoms with Gasteiger partial charge in [0.15, 0.2) is 0 Å². The lowest BCUT2D eigenvalue weighted by molar-refractivity contribution is 1.14. The van der Waals surface area contributed by atoms with Crippen LogP contribution in [0.4, 0.5) is 0 Å². The van der Waals surface area contributed by atoms with E-state index in [0.29, 0.717) is 0 Å². The van der Waals surface area contributed by atoms with E-state index in [9.17, 15) is 0 Å². The molecule has 0 aliphatic carbocycles. The molecule has 0 aliphatic rings. The Hall–Kier alpha value is -2.48. The molecule has 2 aromatic carbocycles. The molecule has 0 unspecified atom stereocenters. The predicted molar refractivity (Wildman–Crippen MR) is 82.4 cm³/mol. The van der Waals surface area contributed by atoms with Crippen molar-refractivity contribution in [2.24, 2.45) is 0 Å². The molecule has 3 rings (SSSR count). The van der Waals surface area contributed by atoms with Gasteiger partial charge in [0.1, 0.15) is 6.33 Å². The zero-order valence-electron chi connectivity index (χ0n) is 11.7. The van der Waals surface area contributed by atoms with E-state index in [1.54, 1.807) is 6.33 Å². The molecular formula is C18H16N2. The zero-order chi connectivity index (χ0) is 13.9. The van der Waals surface area contributed by atoms with Crippen LogP contribution in [0.25, 0.3) is 22.5 Å². The van der Waals surface area contributed by atoms with Crippen LogP contribution in [0.3, 0.4) is 0 Å². The lowest BCUT2D eigenvalue weighted by atomic mass is 9.99. The molecule has 98 valence electrons. The summed E-state index contributed by atoms with van der Waals surface area (Å²) in [5, 5.41) is 0. The monoisotopic (exact) mass is 260 g/mol. The van der Waals surface area contributed by atoms with Crippen LogP contribution >= 0.6 is 0 Å². The quantitative estimate of drug-likeness (QED) is 0.681. The van der Waals surface area contributed by atoms with Gasteiger partial charge in [-0.15, -0.1) is 0 Å². The maximum Gasteiger partial charge on any atom is 0.116 e. The van der Waals surface area contributed by atoms with Gasteiger partial charge in [-0.2, -0.15) is 0 Å². The Bertz CT molecular complexity index is 733. The van der Waals surface area contributed by atoms with Gasteiger partial charge in [-0.3, -0.25) is 0 Å². The minimum Gasteiger partial charge on any atom is -0.236 e. The Morgan fingerprint density at radius 1 is 0.700 bits per heavy atom. The summed E-state index contributed by atoms with van der Waals surface area (Å²) in [6, 6.07) is 18.6. The predicted octanol–water partition coefficient (Wildman–Crippen LogP) is 4.43. The third-order valence-electron chi connectivity index (χ3n) is 3.53. The van der Waals surface area contributed by atoms with Crippen LogP contribution in [0, 0.1) is 13.8 Å². The van der Waals surface area contributed by atoms with Crippen LogP contribution in [-0.4, -0.2) is 9.97 Å². The summed E-state index contributed by atoms with van der Waals surface area (Å²) in [7, 11) is 0. The van der Waals surface area contributed by atoms with E-state index in [1.165, 1.54) is 11.1 Å². The van der Waals surface area contributed by atoms with Crippen LogP contribution in [0.1, 0.15) is 11.1 Å². The molecule has 0 radical (unpaired) electrons. The Morgan fingerprint density at radius 3 is 2.10 bits per heavy atom. The van der Waals surface area contributed by atoms with E-state index >= 15 is 0 Å². The number of hydrogen-bond acceptors (Lipinski definition) is 2.